The number of amides is 1. The van der Waals surface area contributed by atoms with Gasteiger partial charge in [0.25, 0.3) is 5.91 Å². The number of carbonyl (C=O) groups is 1. The van der Waals surface area contributed by atoms with E-state index in [0.29, 0.717) is 29.0 Å². The predicted molar refractivity (Wildman–Crippen MR) is 90.4 cm³/mol. The Balaban J connectivity index is 1.74. The Morgan fingerprint density at radius 2 is 2.24 bits per heavy atom. The molecular weight excluding hydrogens is 322 g/mol. The van der Waals surface area contributed by atoms with Gasteiger partial charge >= 0.3 is 0 Å². The number of hydrogen-bond donors (Lipinski definition) is 4. The van der Waals surface area contributed by atoms with Crippen LogP contribution in [0.2, 0.25) is 0 Å². The fraction of sp³-hybridized carbons (Fsp3) is 0.471. The molecule has 2 heterocycles. The minimum atomic E-state index is -1.09. The largest absolute Gasteiger partial charge is 0.399 e. The molecule has 132 valence electrons. The second-order valence-electron chi connectivity index (χ2n) is 7.21. The van der Waals surface area contributed by atoms with Gasteiger partial charge in [0.2, 0.25) is 0 Å². The van der Waals surface area contributed by atoms with Crippen LogP contribution in [0.25, 0.3) is 5.82 Å². The van der Waals surface area contributed by atoms with Gasteiger partial charge in [-0.05, 0) is 31.7 Å². The summed E-state index contributed by atoms with van der Waals surface area (Å²) in [6.07, 6.45) is 3.54. The molecule has 8 heteroatoms. The lowest BCUT2D eigenvalue weighted by molar-refractivity contribution is 0.0718. The van der Waals surface area contributed by atoms with Gasteiger partial charge in [-0.25, -0.2) is 9.67 Å². The summed E-state index contributed by atoms with van der Waals surface area (Å²) in [5, 5.41) is 26.0. The van der Waals surface area contributed by atoms with E-state index in [0.717, 1.165) is 24.1 Å². The van der Waals surface area contributed by atoms with E-state index in [-0.39, 0.29) is 13.2 Å². The summed E-state index contributed by atoms with van der Waals surface area (Å²) in [4.78, 5) is 17.0. The zero-order valence-corrected chi connectivity index (χ0v) is 13.9. The van der Waals surface area contributed by atoms with E-state index in [2.05, 4.69) is 15.4 Å². The number of pyridine rings is 1. The maximum Gasteiger partial charge on any atom is 0.272 e. The van der Waals surface area contributed by atoms with E-state index in [9.17, 15) is 15.0 Å². The van der Waals surface area contributed by atoms with Crippen molar-refractivity contribution in [3.05, 3.63) is 35.3 Å². The van der Waals surface area contributed by atoms with Crippen LogP contribution in [-0.2, 0) is 6.42 Å². The van der Waals surface area contributed by atoms with Crippen LogP contribution in [0.4, 0.5) is 5.69 Å². The van der Waals surface area contributed by atoms with Crippen molar-refractivity contribution in [2.24, 2.45) is 5.92 Å². The molecular formula is C17H21N5O3. The average molecular weight is 343 g/mol. The van der Waals surface area contributed by atoms with E-state index in [1.807, 2.05) is 0 Å². The summed E-state index contributed by atoms with van der Waals surface area (Å²) in [6.45, 7) is 0.860. The molecule has 0 radical (unpaired) electrons. The Morgan fingerprint density at radius 1 is 1.48 bits per heavy atom. The molecule has 0 unspecified atom stereocenters. The van der Waals surface area contributed by atoms with E-state index < -0.39 is 11.4 Å². The molecule has 4 rings (SSSR count). The van der Waals surface area contributed by atoms with Gasteiger partial charge in [0.1, 0.15) is 0 Å². The smallest absolute Gasteiger partial charge is 0.272 e. The highest BCUT2D eigenvalue weighted by molar-refractivity contribution is 5.95. The van der Waals surface area contributed by atoms with Gasteiger partial charge in [0, 0.05) is 29.4 Å². The highest BCUT2D eigenvalue weighted by Crippen LogP contribution is 2.57. The first-order valence-electron chi connectivity index (χ1n) is 8.33. The third-order valence-electron chi connectivity index (χ3n) is 5.08. The van der Waals surface area contributed by atoms with Crippen molar-refractivity contribution in [2.45, 2.75) is 31.2 Å². The normalized spacial score (nSPS) is 20.9. The van der Waals surface area contributed by atoms with E-state index in [1.165, 1.54) is 0 Å². The van der Waals surface area contributed by atoms with Crippen LogP contribution in [0.15, 0.2) is 18.3 Å². The molecule has 8 nitrogen and oxygen atoms in total. The Hall–Kier alpha value is -2.45. The lowest BCUT2D eigenvalue weighted by Crippen LogP contribution is -2.52. The SMILES string of the molecule is CC(CO)(CO)NC(=O)c1nn(-c2cc(N)ccn2)c2c1C[C@H]1C[C@@H]21. The molecule has 1 fully saturated rings. The molecule has 1 saturated carbocycles. The van der Waals surface area contributed by atoms with E-state index in [4.69, 9.17) is 5.73 Å². The number of aromatic nitrogens is 3. The molecule has 0 spiro atoms. The van der Waals surface area contributed by atoms with Gasteiger partial charge in [-0.3, -0.25) is 4.79 Å². The number of hydrogen-bond acceptors (Lipinski definition) is 6. The van der Waals surface area contributed by atoms with Crippen LogP contribution in [0.5, 0.6) is 0 Å². The Morgan fingerprint density at radius 3 is 2.92 bits per heavy atom. The van der Waals surface area contributed by atoms with Crippen LogP contribution in [0.1, 0.15) is 41.0 Å². The van der Waals surface area contributed by atoms with Crippen molar-refractivity contribution in [1.29, 1.82) is 0 Å². The number of nitrogens with zero attached hydrogens (tertiary/aromatic N) is 3. The van der Waals surface area contributed by atoms with Gasteiger partial charge in [-0.15, -0.1) is 0 Å². The maximum atomic E-state index is 12.7. The van der Waals surface area contributed by atoms with Crippen molar-refractivity contribution < 1.29 is 15.0 Å². The quantitative estimate of drug-likeness (QED) is 0.604. The molecule has 1 amide bonds. The first-order chi connectivity index (χ1) is 12.0. The zero-order valence-electron chi connectivity index (χ0n) is 13.9. The minimum absolute atomic E-state index is 0.333. The first kappa shape index (κ1) is 16.0. The number of aliphatic hydroxyl groups is 2. The van der Waals surface area contributed by atoms with Crippen molar-refractivity contribution >= 4 is 11.6 Å². The molecule has 0 aromatic carbocycles. The Kier molecular flexibility index (Phi) is 3.55. The average Bonchev–Trinajstić information content (AvgIpc) is 3.10. The summed E-state index contributed by atoms with van der Waals surface area (Å²) in [6, 6.07) is 3.44. The number of nitrogens with two attached hydrogens (primary N) is 1. The van der Waals surface area contributed by atoms with Crippen LogP contribution in [0, 0.1) is 5.92 Å². The predicted octanol–water partition coefficient (Wildman–Crippen LogP) is -0.0178. The first-order valence-corrected chi connectivity index (χ1v) is 8.33. The fourth-order valence-electron chi connectivity index (χ4n) is 3.49. The second kappa shape index (κ2) is 5.53. The van der Waals surface area contributed by atoms with Crippen LogP contribution >= 0.6 is 0 Å². The number of anilines is 1. The standard InChI is InChI=1S/C17H21N5O3/c1-17(7-23,8-24)20-16(25)14-12-5-9-4-11(9)15(12)22(21-14)13-6-10(18)2-3-19-13/h2-3,6,9,11,23-24H,4-5,7-8H2,1H3,(H2,18,19)(H,20,25)/t9-,11-/m1/s1. The summed E-state index contributed by atoms with van der Waals surface area (Å²) in [5.74, 6) is 1.17. The zero-order chi connectivity index (χ0) is 17.8. The molecule has 2 aliphatic rings. The number of carbonyl (C=O) groups excluding carboxylic acids is 1. The topological polar surface area (TPSA) is 126 Å². The fourth-order valence-corrected chi connectivity index (χ4v) is 3.49. The number of fused-ring (bicyclic) bond motifs is 3. The summed E-state index contributed by atoms with van der Waals surface area (Å²) >= 11 is 0. The highest BCUT2D eigenvalue weighted by atomic mass is 16.3. The monoisotopic (exact) mass is 343 g/mol. The van der Waals surface area contributed by atoms with Crippen molar-refractivity contribution in [3.8, 4) is 5.82 Å². The molecule has 0 saturated heterocycles. The number of rotatable bonds is 5. The third kappa shape index (κ3) is 2.58. The summed E-state index contributed by atoms with van der Waals surface area (Å²) in [5.41, 5.74) is 7.64. The molecule has 5 N–H and O–H groups in total. The number of aliphatic hydroxyl groups excluding tert-OH is 2. The molecule has 25 heavy (non-hydrogen) atoms. The van der Waals surface area contributed by atoms with Crippen LogP contribution in [-0.4, -0.2) is 49.6 Å². The van der Waals surface area contributed by atoms with Crippen molar-refractivity contribution in [1.82, 2.24) is 20.1 Å². The minimum Gasteiger partial charge on any atom is -0.399 e. The van der Waals surface area contributed by atoms with E-state index in [1.54, 1.807) is 29.9 Å². The molecule has 2 aromatic rings. The van der Waals surface area contributed by atoms with Gasteiger partial charge < -0.3 is 21.3 Å². The molecule has 0 aliphatic heterocycles. The van der Waals surface area contributed by atoms with Crippen LogP contribution in [0.3, 0.4) is 0 Å². The van der Waals surface area contributed by atoms with Crippen molar-refractivity contribution in [2.75, 3.05) is 18.9 Å². The molecule has 0 bridgehead atoms. The lowest BCUT2D eigenvalue weighted by atomic mass is 10.0. The third-order valence-corrected chi connectivity index (χ3v) is 5.08. The van der Waals surface area contributed by atoms with Gasteiger partial charge in [-0.1, -0.05) is 0 Å². The Labute approximate surface area is 144 Å². The van der Waals surface area contributed by atoms with Gasteiger partial charge in [-0.2, -0.15) is 5.10 Å². The summed E-state index contributed by atoms with van der Waals surface area (Å²) < 4.78 is 1.72. The lowest BCUT2D eigenvalue weighted by Gasteiger charge is -2.25. The maximum absolute atomic E-state index is 12.7. The van der Waals surface area contributed by atoms with Crippen molar-refractivity contribution in [3.63, 3.8) is 0 Å². The number of nitrogens with one attached hydrogen (secondary N) is 1. The Bertz CT molecular complexity index is 843. The number of nitrogen functional groups attached to an aromatic ring is 1. The van der Waals surface area contributed by atoms with Crippen LogP contribution < -0.4 is 11.1 Å². The van der Waals surface area contributed by atoms with E-state index >= 15 is 0 Å². The molecule has 2 aromatic heterocycles. The van der Waals surface area contributed by atoms with Gasteiger partial charge in [0.05, 0.1) is 24.4 Å². The molecule has 2 atom stereocenters. The highest BCUT2D eigenvalue weighted by Gasteiger charge is 2.50. The van der Waals surface area contributed by atoms with Gasteiger partial charge in [0.15, 0.2) is 11.5 Å². The molecule has 2 aliphatic carbocycles. The second-order valence-corrected chi connectivity index (χ2v) is 7.21. The summed E-state index contributed by atoms with van der Waals surface area (Å²) in [7, 11) is 0.